The van der Waals surface area contributed by atoms with Gasteiger partial charge in [-0.05, 0) is 43.0 Å². The molecule has 2 aliphatic rings. The van der Waals surface area contributed by atoms with Gasteiger partial charge in [0.15, 0.2) is 15.8 Å². The Kier molecular flexibility index (Phi) is 8.02. The lowest BCUT2D eigenvalue weighted by molar-refractivity contribution is 0.559. The summed E-state index contributed by atoms with van der Waals surface area (Å²) in [7, 11) is -1.07. The van der Waals surface area contributed by atoms with Crippen molar-refractivity contribution in [3.63, 3.8) is 0 Å². The summed E-state index contributed by atoms with van der Waals surface area (Å²) < 4.78 is 24.2. The lowest BCUT2D eigenvalue weighted by Crippen LogP contribution is -2.46. The molecule has 2 aliphatic heterocycles. The van der Waals surface area contributed by atoms with Gasteiger partial charge < -0.3 is 15.5 Å². The summed E-state index contributed by atoms with van der Waals surface area (Å²) in [4.78, 5) is 6.64. The molecule has 0 amide bonds. The second-order valence-corrected chi connectivity index (χ2v) is 9.92. The van der Waals surface area contributed by atoms with E-state index < -0.39 is 9.84 Å². The molecule has 0 aromatic heterocycles. The Morgan fingerprint density at radius 1 is 1.31 bits per heavy atom. The number of nitrogens with one attached hydrogen (secondary N) is 2. The summed E-state index contributed by atoms with van der Waals surface area (Å²) in [5.41, 5.74) is 1.23. The summed E-state index contributed by atoms with van der Waals surface area (Å²) in [6.45, 7) is 2.60. The quantitative estimate of drug-likeness (QED) is 0.338. The van der Waals surface area contributed by atoms with Crippen LogP contribution in [-0.4, -0.2) is 58.6 Å². The van der Waals surface area contributed by atoms with Gasteiger partial charge in [-0.3, -0.25) is 4.99 Å². The number of hydrogen-bond donors (Lipinski definition) is 2. The summed E-state index contributed by atoms with van der Waals surface area (Å²) >= 11 is 3.47. The first kappa shape index (κ1) is 21.7. The predicted octanol–water partition coefficient (Wildman–Crippen LogP) is 2.25. The van der Waals surface area contributed by atoms with E-state index in [1.807, 2.05) is 0 Å². The fourth-order valence-electron chi connectivity index (χ4n) is 3.43. The zero-order chi connectivity index (χ0) is 17.9. The number of hydrogen-bond acceptors (Lipinski definition) is 4. The van der Waals surface area contributed by atoms with Gasteiger partial charge in [0.1, 0.15) is 0 Å². The van der Waals surface area contributed by atoms with Crippen molar-refractivity contribution < 1.29 is 8.42 Å². The van der Waals surface area contributed by atoms with E-state index in [0.29, 0.717) is 18.3 Å². The summed E-state index contributed by atoms with van der Waals surface area (Å²) in [5, 5.41) is 6.75. The molecule has 1 aromatic rings. The Labute approximate surface area is 181 Å². The van der Waals surface area contributed by atoms with E-state index in [9.17, 15) is 8.42 Å². The Hall–Kier alpha value is -0.550. The van der Waals surface area contributed by atoms with Gasteiger partial charge in [0.25, 0.3) is 0 Å². The van der Waals surface area contributed by atoms with Crippen LogP contribution < -0.4 is 15.5 Å². The van der Waals surface area contributed by atoms with Gasteiger partial charge in [0.2, 0.25) is 0 Å². The molecule has 2 fully saturated rings. The van der Waals surface area contributed by atoms with Crippen LogP contribution in [0.3, 0.4) is 0 Å². The minimum Gasteiger partial charge on any atom is -0.369 e. The van der Waals surface area contributed by atoms with E-state index in [2.05, 4.69) is 60.7 Å². The van der Waals surface area contributed by atoms with E-state index >= 15 is 0 Å². The van der Waals surface area contributed by atoms with Gasteiger partial charge in [0, 0.05) is 42.9 Å². The first-order chi connectivity index (χ1) is 11.9. The molecule has 0 spiro atoms. The molecule has 9 heteroatoms. The maximum absolute atomic E-state index is 11.5. The van der Waals surface area contributed by atoms with Gasteiger partial charge in [-0.15, -0.1) is 24.0 Å². The van der Waals surface area contributed by atoms with Gasteiger partial charge in [-0.1, -0.05) is 15.9 Å². The maximum atomic E-state index is 11.5. The summed E-state index contributed by atoms with van der Waals surface area (Å²) in [5.74, 6) is 1.55. The third-order valence-electron chi connectivity index (χ3n) is 4.83. The number of guanidine groups is 1. The van der Waals surface area contributed by atoms with E-state index in [4.69, 9.17) is 0 Å². The fourth-order valence-corrected chi connectivity index (χ4v) is 5.55. The Bertz CT molecular complexity index is 727. The van der Waals surface area contributed by atoms with Crippen LogP contribution >= 0.6 is 39.9 Å². The molecule has 0 saturated carbocycles. The molecule has 0 aliphatic carbocycles. The maximum Gasteiger partial charge on any atom is 0.191 e. The van der Waals surface area contributed by atoms with Crippen molar-refractivity contribution in [2.24, 2.45) is 10.9 Å². The molecule has 3 rings (SSSR count). The molecule has 2 saturated heterocycles. The van der Waals surface area contributed by atoms with Crippen LogP contribution in [0.1, 0.15) is 12.8 Å². The first-order valence-electron chi connectivity index (χ1n) is 8.63. The average molecular weight is 557 g/mol. The molecule has 1 aromatic carbocycles. The highest BCUT2D eigenvalue weighted by Crippen LogP contribution is 2.22. The molecular formula is C17H26BrIN4O2S. The van der Waals surface area contributed by atoms with E-state index in [0.717, 1.165) is 36.4 Å². The van der Waals surface area contributed by atoms with Crippen LogP contribution in [0.5, 0.6) is 0 Å². The topological polar surface area (TPSA) is 73.8 Å². The zero-order valence-electron chi connectivity index (χ0n) is 14.8. The number of halogens is 2. The van der Waals surface area contributed by atoms with Crippen LogP contribution in [0.4, 0.5) is 5.69 Å². The highest BCUT2D eigenvalue weighted by Gasteiger charge is 2.28. The molecule has 2 atom stereocenters. The van der Waals surface area contributed by atoms with E-state index in [1.54, 1.807) is 7.05 Å². The summed E-state index contributed by atoms with van der Waals surface area (Å²) in [6.07, 6.45) is 1.79. The summed E-state index contributed by atoms with van der Waals surface area (Å²) in [6, 6.07) is 8.71. The third-order valence-corrected chi connectivity index (χ3v) is 7.20. The van der Waals surface area contributed by atoms with Crippen LogP contribution in [-0.2, 0) is 9.84 Å². The predicted molar refractivity (Wildman–Crippen MR) is 121 cm³/mol. The van der Waals surface area contributed by atoms with Crippen LogP contribution in [0.15, 0.2) is 33.7 Å². The van der Waals surface area contributed by atoms with Gasteiger partial charge >= 0.3 is 0 Å². The minimum atomic E-state index is -2.82. The second kappa shape index (κ2) is 9.59. The SMILES string of the molecule is CN=C(NCC1CCS(=O)(=O)C1)NC1CCN(c2ccc(Br)cc2)C1.I. The Balaban J connectivity index is 0.00000243. The molecule has 0 bridgehead atoms. The monoisotopic (exact) mass is 556 g/mol. The van der Waals surface area contributed by atoms with Crippen molar-refractivity contribution in [3.8, 4) is 0 Å². The molecular weight excluding hydrogens is 531 g/mol. The first-order valence-corrected chi connectivity index (χ1v) is 11.2. The second-order valence-electron chi connectivity index (χ2n) is 6.77. The Morgan fingerprint density at radius 3 is 2.65 bits per heavy atom. The van der Waals surface area contributed by atoms with Crippen molar-refractivity contribution in [1.29, 1.82) is 0 Å². The smallest absolute Gasteiger partial charge is 0.191 e. The van der Waals surface area contributed by atoms with E-state index in [-0.39, 0.29) is 35.6 Å². The highest BCUT2D eigenvalue weighted by molar-refractivity contribution is 14.0. The van der Waals surface area contributed by atoms with Crippen LogP contribution in [0, 0.1) is 5.92 Å². The van der Waals surface area contributed by atoms with Gasteiger partial charge in [0.05, 0.1) is 11.5 Å². The standard InChI is InChI=1S/C17H25BrN4O2S.HI/c1-19-17(20-10-13-7-9-25(23,24)12-13)21-15-6-8-22(11-15)16-4-2-14(18)3-5-16;/h2-5,13,15H,6-12H2,1H3,(H2,19,20,21);1H. The Morgan fingerprint density at radius 2 is 2.04 bits per heavy atom. The minimum absolute atomic E-state index is 0. The molecule has 2 heterocycles. The van der Waals surface area contributed by atoms with Crippen LogP contribution in [0.2, 0.25) is 0 Å². The van der Waals surface area contributed by atoms with E-state index in [1.165, 1.54) is 5.69 Å². The number of benzene rings is 1. The number of sulfone groups is 1. The van der Waals surface area contributed by atoms with Gasteiger partial charge in [-0.25, -0.2) is 8.42 Å². The van der Waals surface area contributed by atoms with Crippen molar-refractivity contribution in [3.05, 3.63) is 28.7 Å². The molecule has 6 nitrogen and oxygen atoms in total. The van der Waals surface area contributed by atoms with Crippen molar-refractivity contribution in [2.75, 3.05) is 43.1 Å². The molecule has 146 valence electrons. The van der Waals surface area contributed by atoms with Crippen molar-refractivity contribution in [2.45, 2.75) is 18.9 Å². The molecule has 26 heavy (non-hydrogen) atoms. The number of nitrogens with zero attached hydrogens (tertiary/aromatic N) is 2. The molecule has 2 unspecified atom stereocenters. The lowest BCUT2D eigenvalue weighted by atomic mass is 10.1. The largest absolute Gasteiger partial charge is 0.369 e. The fraction of sp³-hybridized carbons (Fsp3) is 0.588. The average Bonchev–Trinajstić information content (AvgIpc) is 3.18. The molecule has 2 N–H and O–H groups in total. The molecule has 0 radical (unpaired) electrons. The van der Waals surface area contributed by atoms with Crippen LogP contribution in [0.25, 0.3) is 0 Å². The van der Waals surface area contributed by atoms with Crippen molar-refractivity contribution in [1.82, 2.24) is 10.6 Å². The third kappa shape index (κ3) is 5.98. The lowest BCUT2D eigenvalue weighted by Gasteiger charge is -2.21. The van der Waals surface area contributed by atoms with Crippen molar-refractivity contribution >= 4 is 61.4 Å². The highest BCUT2D eigenvalue weighted by atomic mass is 127. The number of anilines is 1. The number of rotatable bonds is 4. The zero-order valence-corrected chi connectivity index (χ0v) is 19.6. The normalized spacial score (nSPS) is 25.0. The number of aliphatic imine (C=N–C) groups is 1. The van der Waals surface area contributed by atoms with Gasteiger partial charge in [-0.2, -0.15) is 0 Å².